The number of carbonyl (C=O) groups is 2. The van der Waals surface area contributed by atoms with Crippen LogP contribution < -0.4 is 0 Å². The van der Waals surface area contributed by atoms with Crippen LogP contribution in [0.15, 0.2) is 12.2 Å². The molecule has 2 fully saturated rings. The highest BCUT2D eigenvalue weighted by molar-refractivity contribution is 5.86. The summed E-state index contributed by atoms with van der Waals surface area (Å²) in [6, 6.07) is 0. The number of carbonyl (C=O) groups excluding carboxylic acids is 2. The summed E-state index contributed by atoms with van der Waals surface area (Å²) in [5, 5.41) is 0. The van der Waals surface area contributed by atoms with Crippen LogP contribution in [0.1, 0.15) is 65.2 Å². The van der Waals surface area contributed by atoms with Crippen LogP contribution in [0.25, 0.3) is 0 Å². The molecule has 0 bridgehead atoms. The minimum absolute atomic E-state index is 0.0303. The van der Waals surface area contributed by atoms with Gasteiger partial charge in [0.2, 0.25) is 6.79 Å². The molecule has 0 aromatic heterocycles. The van der Waals surface area contributed by atoms with Crippen molar-refractivity contribution in [2.24, 2.45) is 23.7 Å². The quantitative estimate of drug-likeness (QED) is 0.431. The number of hydrogen-bond acceptors (Lipinski definition) is 4. The van der Waals surface area contributed by atoms with Crippen LogP contribution in [0.3, 0.4) is 0 Å². The number of esters is 2. The van der Waals surface area contributed by atoms with Crippen LogP contribution in [-0.4, -0.2) is 18.7 Å². The topological polar surface area (TPSA) is 52.6 Å². The molecule has 0 N–H and O–H groups in total. The van der Waals surface area contributed by atoms with Crippen molar-refractivity contribution in [3.63, 3.8) is 0 Å². The fourth-order valence-corrected chi connectivity index (χ4v) is 3.97. The monoisotopic (exact) mass is 322 g/mol. The molecule has 0 saturated heterocycles. The summed E-state index contributed by atoms with van der Waals surface area (Å²) in [4.78, 5) is 23.3. The Labute approximate surface area is 139 Å². The average molecular weight is 322 g/mol. The summed E-state index contributed by atoms with van der Waals surface area (Å²) < 4.78 is 9.88. The first-order valence-corrected chi connectivity index (χ1v) is 8.96. The van der Waals surface area contributed by atoms with Gasteiger partial charge >= 0.3 is 11.9 Å². The lowest BCUT2D eigenvalue weighted by molar-refractivity contribution is -0.169. The fourth-order valence-electron chi connectivity index (χ4n) is 3.97. The Kier molecular flexibility index (Phi) is 6.67. The van der Waals surface area contributed by atoms with Gasteiger partial charge in [-0.2, -0.15) is 0 Å². The average Bonchev–Trinajstić information content (AvgIpc) is 2.55. The Hall–Kier alpha value is -1.32. The molecule has 0 amide bonds. The van der Waals surface area contributed by atoms with Gasteiger partial charge in [-0.25, -0.2) is 4.79 Å². The van der Waals surface area contributed by atoms with Gasteiger partial charge in [-0.3, -0.25) is 4.79 Å². The van der Waals surface area contributed by atoms with Crippen LogP contribution in [0.4, 0.5) is 0 Å². The van der Waals surface area contributed by atoms with E-state index in [-0.39, 0.29) is 18.7 Å². The van der Waals surface area contributed by atoms with Crippen LogP contribution in [-0.2, 0) is 19.1 Å². The van der Waals surface area contributed by atoms with Gasteiger partial charge in [-0.05, 0) is 63.2 Å². The zero-order valence-corrected chi connectivity index (χ0v) is 14.5. The molecule has 0 spiro atoms. The molecule has 0 heterocycles. The molecular formula is C19H30O4. The molecule has 0 aromatic rings. The van der Waals surface area contributed by atoms with E-state index in [0.717, 1.165) is 43.4 Å². The highest BCUT2D eigenvalue weighted by Gasteiger charge is 2.32. The Morgan fingerprint density at radius 1 is 0.913 bits per heavy atom. The van der Waals surface area contributed by atoms with Crippen molar-refractivity contribution in [1.29, 1.82) is 0 Å². The van der Waals surface area contributed by atoms with Crippen LogP contribution in [0.5, 0.6) is 0 Å². The van der Waals surface area contributed by atoms with E-state index in [2.05, 4.69) is 13.5 Å². The molecule has 0 unspecified atom stereocenters. The van der Waals surface area contributed by atoms with Gasteiger partial charge in [-0.15, -0.1) is 0 Å². The van der Waals surface area contributed by atoms with Crippen LogP contribution >= 0.6 is 0 Å². The summed E-state index contributed by atoms with van der Waals surface area (Å²) in [7, 11) is 0. The van der Waals surface area contributed by atoms with Gasteiger partial charge < -0.3 is 9.47 Å². The first-order chi connectivity index (χ1) is 11.0. The van der Waals surface area contributed by atoms with Crippen LogP contribution in [0.2, 0.25) is 0 Å². The van der Waals surface area contributed by atoms with E-state index >= 15 is 0 Å². The van der Waals surface area contributed by atoms with Crippen molar-refractivity contribution in [3.8, 4) is 0 Å². The lowest BCUT2D eigenvalue weighted by Crippen LogP contribution is -2.29. The van der Waals surface area contributed by atoms with Gasteiger partial charge in [0.25, 0.3) is 0 Å². The van der Waals surface area contributed by atoms with Gasteiger partial charge in [0, 0.05) is 5.57 Å². The Balaban J connectivity index is 1.66. The normalized spacial score (nSPS) is 31.2. The van der Waals surface area contributed by atoms with Crippen molar-refractivity contribution in [2.45, 2.75) is 65.2 Å². The maximum atomic E-state index is 12.0. The first-order valence-electron chi connectivity index (χ1n) is 8.96. The van der Waals surface area contributed by atoms with E-state index < -0.39 is 5.97 Å². The molecule has 4 heteroatoms. The molecule has 4 nitrogen and oxygen atoms in total. The van der Waals surface area contributed by atoms with E-state index in [9.17, 15) is 9.59 Å². The zero-order valence-electron chi connectivity index (χ0n) is 14.5. The lowest BCUT2D eigenvalue weighted by Gasteiger charge is -2.36. The maximum absolute atomic E-state index is 12.0. The number of rotatable bonds is 5. The molecule has 2 saturated carbocycles. The van der Waals surface area contributed by atoms with E-state index in [0.29, 0.717) is 5.57 Å². The molecule has 0 aliphatic heterocycles. The third kappa shape index (κ3) is 5.36. The second kappa shape index (κ2) is 8.51. The standard InChI is InChI=1S/C19H30O4/c1-13(2)18(20)22-12-23-19(21)17-10-8-16(9-11-17)15-6-4-14(3)5-7-15/h14-17H,1,4-12H2,2-3H3. The van der Waals surface area contributed by atoms with Crippen molar-refractivity contribution >= 4 is 11.9 Å². The Morgan fingerprint density at radius 3 is 1.96 bits per heavy atom. The Morgan fingerprint density at radius 2 is 1.43 bits per heavy atom. The summed E-state index contributed by atoms with van der Waals surface area (Å²) in [5.41, 5.74) is 0.309. The highest BCUT2D eigenvalue weighted by atomic mass is 16.7. The molecule has 2 aliphatic rings. The molecule has 0 radical (unpaired) electrons. The smallest absolute Gasteiger partial charge is 0.335 e. The molecular weight excluding hydrogens is 292 g/mol. The number of ether oxygens (including phenoxy) is 2. The fraction of sp³-hybridized carbons (Fsp3) is 0.789. The summed E-state index contributed by atoms with van der Waals surface area (Å²) in [6.45, 7) is 7.10. The second-order valence-electron chi connectivity index (χ2n) is 7.43. The maximum Gasteiger partial charge on any atom is 0.335 e. The van der Waals surface area contributed by atoms with Gasteiger partial charge in [0.15, 0.2) is 0 Å². The minimum Gasteiger partial charge on any atom is -0.428 e. The SMILES string of the molecule is C=C(C)C(=O)OCOC(=O)C1CCC(C2CCC(C)CC2)CC1. The van der Waals surface area contributed by atoms with Crippen molar-refractivity contribution in [1.82, 2.24) is 0 Å². The third-order valence-electron chi connectivity index (χ3n) is 5.57. The van der Waals surface area contributed by atoms with Crippen LogP contribution in [0, 0.1) is 23.7 Å². The molecule has 0 atom stereocenters. The summed E-state index contributed by atoms with van der Waals surface area (Å²) in [6.07, 6.45) is 9.51. The predicted molar refractivity (Wildman–Crippen MR) is 88.4 cm³/mol. The second-order valence-corrected chi connectivity index (χ2v) is 7.43. The molecule has 130 valence electrons. The van der Waals surface area contributed by atoms with Gasteiger partial charge in [0.05, 0.1) is 5.92 Å². The minimum atomic E-state index is -0.520. The number of hydrogen-bond donors (Lipinski definition) is 0. The summed E-state index contributed by atoms with van der Waals surface area (Å²) in [5.74, 6) is 1.76. The Bertz CT molecular complexity index is 427. The van der Waals surface area contributed by atoms with E-state index in [1.165, 1.54) is 25.7 Å². The van der Waals surface area contributed by atoms with Gasteiger partial charge in [0.1, 0.15) is 0 Å². The molecule has 23 heavy (non-hydrogen) atoms. The van der Waals surface area contributed by atoms with E-state index in [4.69, 9.17) is 9.47 Å². The van der Waals surface area contributed by atoms with Crippen molar-refractivity contribution in [3.05, 3.63) is 12.2 Å². The highest BCUT2D eigenvalue weighted by Crippen LogP contribution is 2.41. The lowest BCUT2D eigenvalue weighted by atomic mass is 9.69. The van der Waals surface area contributed by atoms with Crippen molar-refractivity contribution in [2.75, 3.05) is 6.79 Å². The molecule has 0 aromatic carbocycles. The van der Waals surface area contributed by atoms with Gasteiger partial charge in [-0.1, -0.05) is 26.3 Å². The van der Waals surface area contributed by atoms with E-state index in [1.807, 2.05) is 0 Å². The van der Waals surface area contributed by atoms with E-state index in [1.54, 1.807) is 6.92 Å². The van der Waals surface area contributed by atoms with Crippen molar-refractivity contribution < 1.29 is 19.1 Å². The third-order valence-corrected chi connectivity index (χ3v) is 5.57. The predicted octanol–water partition coefficient (Wildman–Crippen LogP) is 4.24. The largest absolute Gasteiger partial charge is 0.428 e. The molecule has 2 rings (SSSR count). The zero-order chi connectivity index (χ0) is 16.8. The summed E-state index contributed by atoms with van der Waals surface area (Å²) >= 11 is 0. The molecule has 2 aliphatic carbocycles. The first kappa shape index (κ1) is 18.0.